The van der Waals surface area contributed by atoms with Gasteiger partial charge in [-0.05, 0) is 76.4 Å². The summed E-state index contributed by atoms with van der Waals surface area (Å²) in [6, 6.07) is 0. The normalized spacial score (nSPS) is 12.5. The minimum atomic E-state index is -0.0796. The molecule has 0 saturated carbocycles. The number of nitrogens with zero attached hydrogens (tertiary/aromatic N) is 1. The molecule has 0 amide bonds. The Labute approximate surface area is 340 Å². The summed E-state index contributed by atoms with van der Waals surface area (Å²) >= 11 is 5.42. The molecule has 0 aliphatic rings. The van der Waals surface area contributed by atoms with Gasteiger partial charge in [-0.25, -0.2) is 0 Å². The first kappa shape index (κ1) is 53.0. The van der Waals surface area contributed by atoms with Crippen molar-refractivity contribution >= 4 is 17.4 Å². The fourth-order valence-electron chi connectivity index (χ4n) is 6.57. The minimum Gasteiger partial charge on any atom is -0.470 e. The van der Waals surface area contributed by atoms with Crippen molar-refractivity contribution in [1.29, 1.82) is 0 Å². The Bertz CT molecular complexity index is 793. The number of aliphatic hydroxyl groups excluding tert-OH is 2. The number of allylic oxidation sites excluding steroid dienone is 4. The predicted molar refractivity (Wildman–Crippen MR) is 237 cm³/mol. The Morgan fingerprint density at radius 3 is 1.39 bits per heavy atom. The number of aliphatic hydroxyl groups is 2. The molecule has 0 fully saturated rings. The van der Waals surface area contributed by atoms with Crippen molar-refractivity contribution < 1.29 is 24.4 Å². The second-order valence-corrected chi connectivity index (χ2v) is 15.6. The molecule has 0 heterocycles. The smallest absolute Gasteiger partial charge is 0.256 e. The van der Waals surface area contributed by atoms with E-state index in [-0.39, 0.29) is 19.3 Å². The molecule has 320 valence electrons. The van der Waals surface area contributed by atoms with E-state index in [4.69, 9.17) is 26.4 Å². The maximum Gasteiger partial charge on any atom is 0.256 e. The van der Waals surface area contributed by atoms with Gasteiger partial charge in [0.15, 0.2) is 0 Å². The summed E-state index contributed by atoms with van der Waals surface area (Å²) in [6.45, 7) is 9.27. The topological polar surface area (TPSA) is 83.4 Å². The van der Waals surface area contributed by atoms with Crippen LogP contribution < -0.4 is 5.32 Å². The van der Waals surface area contributed by atoms with Gasteiger partial charge >= 0.3 is 0 Å². The second kappa shape index (κ2) is 46.4. The van der Waals surface area contributed by atoms with Crippen molar-refractivity contribution in [1.82, 2.24) is 10.2 Å². The van der Waals surface area contributed by atoms with Gasteiger partial charge in [-0.2, -0.15) is 0 Å². The largest absolute Gasteiger partial charge is 0.470 e. The fourth-order valence-corrected chi connectivity index (χ4v) is 6.73. The second-order valence-electron chi connectivity index (χ2n) is 15.2. The van der Waals surface area contributed by atoms with E-state index in [1.165, 1.54) is 167 Å². The molecule has 0 saturated heterocycles. The van der Waals surface area contributed by atoms with Gasteiger partial charge in [0.05, 0.1) is 25.9 Å². The van der Waals surface area contributed by atoms with Gasteiger partial charge < -0.3 is 29.7 Å². The van der Waals surface area contributed by atoms with Gasteiger partial charge in [-0.1, -0.05) is 154 Å². The van der Waals surface area contributed by atoms with Crippen LogP contribution in [0.4, 0.5) is 0 Å². The highest BCUT2D eigenvalue weighted by Crippen LogP contribution is 2.12. The number of thiocarbonyl (C=S) groups is 1. The van der Waals surface area contributed by atoms with Gasteiger partial charge in [0, 0.05) is 39.4 Å². The molecule has 0 aliphatic heterocycles. The molecule has 8 heteroatoms. The van der Waals surface area contributed by atoms with E-state index in [9.17, 15) is 10.2 Å². The highest BCUT2D eigenvalue weighted by atomic mass is 32.1. The van der Waals surface area contributed by atoms with Crippen molar-refractivity contribution in [2.75, 3.05) is 65.8 Å². The zero-order chi connectivity index (χ0) is 39.3. The third-order valence-corrected chi connectivity index (χ3v) is 10.3. The van der Waals surface area contributed by atoms with E-state index in [0.717, 1.165) is 26.1 Å². The first-order valence-corrected chi connectivity index (χ1v) is 23.4. The number of hydrogen-bond acceptors (Lipinski definition) is 7. The summed E-state index contributed by atoms with van der Waals surface area (Å²) in [5.74, 6) is 0. The predicted octanol–water partition coefficient (Wildman–Crippen LogP) is 11.6. The average molecular weight is 783 g/mol. The molecule has 1 unspecified atom stereocenters. The molecule has 54 heavy (non-hydrogen) atoms. The summed E-state index contributed by atoms with van der Waals surface area (Å²) in [5.41, 5.74) is 0. The molecule has 3 N–H and O–H groups in total. The Morgan fingerprint density at radius 1 is 0.537 bits per heavy atom. The van der Waals surface area contributed by atoms with Crippen molar-refractivity contribution in [2.45, 2.75) is 200 Å². The zero-order valence-corrected chi connectivity index (χ0v) is 36.5. The molecule has 0 aliphatic carbocycles. The molecule has 0 radical (unpaired) electrons. The third-order valence-electron chi connectivity index (χ3n) is 10.1. The Kier molecular flexibility index (Phi) is 45.5. The first-order chi connectivity index (χ1) is 26.7. The maximum absolute atomic E-state index is 9.22. The van der Waals surface area contributed by atoms with E-state index >= 15 is 0 Å². The van der Waals surface area contributed by atoms with Crippen LogP contribution in [-0.4, -0.2) is 92.2 Å². The lowest BCUT2D eigenvalue weighted by molar-refractivity contribution is -0.0161. The quantitative estimate of drug-likeness (QED) is 0.0320. The number of rotatable bonds is 44. The molecule has 1 atom stereocenters. The molecular weight excluding hydrogens is 693 g/mol. The molecule has 0 rings (SSSR count). The average Bonchev–Trinajstić information content (AvgIpc) is 3.17. The lowest BCUT2D eigenvalue weighted by Crippen LogP contribution is -2.38. The van der Waals surface area contributed by atoms with Crippen LogP contribution in [0.5, 0.6) is 0 Å². The van der Waals surface area contributed by atoms with Crippen molar-refractivity contribution in [3.05, 3.63) is 24.3 Å². The lowest BCUT2D eigenvalue weighted by Gasteiger charge is -2.22. The Balaban J connectivity index is 4.15. The fraction of sp³-hybridized carbons (Fsp3) is 0.891. The van der Waals surface area contributed by atoms with E-state index in [1.54, 1.807) is 0 Å². The summed E-state index contributed by atoms with van der Waals surface area (Å²) in [5, 5.41) is 22.0. The van der Waals surface area contributed by atoms with Crippen LogP contribution >= 0.6 is 12.2 Å². The number of nitrogens with one attached hydrogen (secondary N) is 1. The van der Waals surface area contributed by atoms with Gasteiger partial charge in [-0.15, -0.1) is 0 Å². The van der Waals surface area contributed by atoms with Crippen LogP contribution in [0.15, 0.2) is 24.3 Å². The van der Waals surface area contributed by atoms with E-state index < -0.39 is 0 Å². The van der Waals surface area contributed by atoms with E-state index in [1.807, 2.05) is 4.90 Å². The van der Waals surface area contributed by atoms with Crippen LogP contribution in [0.1, 0.15) is 194 Å². The monoisotopic (exact) mass is 783 g/mol. The minimum absolute atomic E-state index is 0.0516. The van der Waals surface area contributed by atoms with Gasteiger partial charge in [0.1, 0.15) is 6.61 Å². The Hall–Kier alpha value is -1.03. The maximum atomic E-state index is 9.22. The van der Waals surface area contributed by atoms with Crippen molar-refractivity contribution in [2.24, 2.45) is 0 Å². The van der Waals surface area contributed by atoms with E-state index in [2.05, 4.69) is 43.5 Å². The van der Waals surface area contributed by atoms with Gasteiger partial charge in [0.2, 0.25) is 0 Å². The van der Waals surface area contributed by atoms with Crippen LogP contribution in [0, 0.1) is 0 Å². The highest BCUT2D eigenvalue weighted by Gasteiger charge is 2.12. The summed E-state index contributed by atoms with van der Waals surface area (Å²) < 4.78 is 18.1. The van der Waals surface area contributed by atoms with E-state index in [0.29, 0.717) is 44.6 Å². The number of hydrogen-bond donors (Lipinski definition) is 3. The van der Waals surface area contributed by atoms with Crippen LogP contribution in [0.25, 0.3) is 0 Å². The molecule has 0 aromatic rings. The molecule has 0 spiro atoms. The number of ether oxygens (including phenoxy) is 3. The molecule has 7 nitrogen and oxygen atoms in total. The van der Waals surface area contributed by atoms with Crippen LogP contribution in [0.2, 0.25) is 0 Å². The molecular formula is C46H90N2O5S. The molecule has 0 aromatic carbocycles. The molecule has 0 bridgehead atoms. The van der Waals surface area contributed by atoms with Gasteiger partial charge in [0.25, 0.3) is 5.17 Å². The standard InChI is InChI=1S/C46H90N2O5S/c1-3-5-7-9-11-13-15-17-19-21-23-25-27-29-31-33-40-51-44-45(43-47-46(54)53-42-37-48(35-38-49)36-39-50)52-41-34-32-30-28-26-24-22-20-18-16-14-12-10-8-6-4-2/h17-20,45,49-50H,3-16,21-44H2,1-2H3,(H,47,54). The summed E-state index contributed by atoms with van der Waals surface area (Å²) in [4.78, 5) is 1.95. The first-order valence-electron chi connectivity index (χ1n) is 23.0. The SMILES string of the molecule is CCCCCCCCC=CCCCCCCCCOCC(CNC(=S)OCCN(CCO)CCO)OCCCCCCCCC=CCCCCCCCC. The Morgan fingerprint density at radius 2 is 0.944 bits per heavy atom. The van der Waals surface area contributed by atoms with Gasteiger partial charge in [-0.3, -0.25) is 4.90 Å². The summed E-state index contributed by atoms with van der Waals surface area (Å²) in [7, 11) is 0. The third kappa shape index (κ3) is 42.1. The van der Waals surface area contributed by atoms with Crippen molar-refractivity contribution in [3.8, 4) is 0 Å². The molecule has 0 aromatic heterocycles. The summed E-state index contributed by atoms with van der Waals surface area (Å²) in [6.07, 6.45) is 46.0. The number of unbranched alkanes of at least 4 members (excludes halogenated alkanes) is 24. The lowest BCUT2D eigenvalue weighted by atomic mass is 10.1. The zero-order valence-electron chi connectivity index (χ0n) is 35.7. The van der Waals surface area contributed by atoms with Crippen molar-refractivity contribution in [3.63, 3.8) is 0 Å². The van der Waals surface area contributed by atoms with Crippen LogP contribution in [0.3, 0.4) is 0 Å². The highest BCUT2D eigenvalue weighted by molar-refractivity contribution is 7.80. The van der Waals surface area contributed by atoms with Crippen LogP contribution in [-0.2, 0) is 14.2 Å².